The van der Waals surface area contributed by atoms with E-state index in [0.717, 1.165) is 5.69 Å². The van der Waals surface area contributed by atoms with Gasteiger partial charge >= 0.3 is 5.97 Å². The normalized spacial score (nSPS) is 11.1. The Kier molecular flexibility index (Phi) is 4.30. The zero-order chi connectivity index (χ0) is 16.3. The van der Waals surface area contributed by atoms with Crippen LogP contribution in [0.5, 0.6) is 0 Å². The van der Waals surface area contributed by atoms with Gasteiger partial charge < -0.3 is 15.7 Å². The monoisotopic (exact) mass is 300 g/mol. The maximum absolute atomic E-state index is 11.0. The van der Waals surface area contributed by atoms with Crippen LogP contribution in [-0.2, 0) is 0 Å². The summed E-state index contributed by atoms with van der Waals surface area (Å²) in [5.41, 5.74) is 1.57. The Morgan fingerprint density at radius 3 is 2.55 bits per heavy atom. The highest BCUT2D eigenvalue weighted by molar-refractivity contribution is 5.89. The smallest absolute Gasteiger partial charge is 0.335 e. The highest BCUT2D eigenvalue weighted by Crippen LogP contribution is 2.19. The Bertz CT molecular complexity index is 693. The zero-order valence-corrected chi connectivity index (χ0v) is 13.1. The fraction of sp³-hybridized carbons (Fsp3) is 0.312. The molecule has 2 aromatic rings. The number of hydrogen-bond acceptors (Lipinski definition) is 5. The number of aromatic nitrogens is 2. The van der Waals surface area contributed by atoms with E-state index in [2.05, 4.69) is 20.6 Å². The Morgan fingerprint density at radius 1 is 1.18 bits per heavy atom. The first-order valence-electron chi connectivity index (χ1n) is 6.97. The van der Waals surface area contributed by atoms with Crippen LogP contribution in [0.1, 0.15) is 36.8 Å². The molecule has 0 atom stereocenters. The van der Waals surface area contributed by atoms with Gasteiger partial charge in [0.15, 0.2) is 0 Å². The van der Waals surface area contributed by atoms with E-state index in [1.165, 1.54) is 0 Å². The van der Waals surface area contributed by atoms with E-state index in [-0.39, 0.29) is 11.1 Å². The standard InChI is InChI=1S/C16H20N4O2/c1-10-8-13(19-15(17-10)20-16(2,3)4)18-12-7-5-6-11(9-12)14(21)22/h5-9H,1-4H3,(H,21,22)(H2,17,18,19,20). The number of rotatable bonds is 4. The minimum Gasteiger partial charge on any atom is -0.478 e. The molecule has 0 amide bonds. The van der Waals surface area contributed by atoms with Crippen LogP contribution in [-0.4, -0.2) is 26.6 Å². The number of aryl methyl sites for hydroxylation is 1. The highest BCUT2D eigenvalue weighted by Gasteiger charge is 2.12. The summed E-state index contributed by atoms with van der Waals surface area (Å²) in [6.45, 7) is 7.97. The molecule has 3 N–H and O–H groups in total. The topological polar surface area (TPSA) is 87.1 Å². The van der Waals surface area contributed by atoms with Gasteiger partial charge in [-0.25, -0.2) is 9.78 Å². The van der Waals surface area contributed by atoms with Crippen molar-refractivity contribution in [3.63, 3.8) is 0 Å². The van der Waals surface area contributed by atoms with Crippen molar-refractivity contribution in [2.75, 3.05) is 10.6 Å². The molecule has 22 heavy (non-hydrogen) atoms. The molecule has 0 spiro atoms. The second-order valence-electron chi connectivity index (χ2n) is 6.10. The fourth-order valence-corrected chi connectivity index (χ4v) is 1.90. The number of aromatic carboxylic acids is 1. The number of nitrogens with one attached hydrogen (secondary N) is 2. The number of anilines is 3. The molecule has 0 bridgehead atoms. The molecule has 2 rings (SSSR count). The second-order valence-corrected chi connectivity index (χ2v) is 6.10. The van der Waals surface area contributed by atoms with Gasteiger partial charge in [0.05, 0.1) is 5.56 Å². The lowest BCUT2D eigenvalue weighted by atomic mass is 10.1. The van der Waals surface area contributed by atoms with Crippen molar-refractivity contribution in [3.05, 3.63) is 41.6 Å². The number of benzene rings is 1. The lowest BCUT2D eigenvalue weighted by Crippen LogP contribution is -2.27. The van der Waals surface area contributed by atoms with Gasteiger partial charge in [0.25, 0.3) is 0 Å². The minimum atomic E-state index is -0.961. The first-order chi connectivity index (χ1) is 10.2. The van der Waals surface area contributed by atoms with Gasteiger partial charge in [0.2, 0.25) is 5.95 Å². The van der Waals surface area contributed by atoms with Crippen LogP contribution >= 0.6 is 0 Å². The Morgan fingerprint density at radius 2 is 1.91 bits per heavy atom. The molecule has 0 aliphatic carbocycles. The van der Waals surface area contributed by atoms with E-state index in [1.807, 2.05) is 27.7 Å². The molecular formula is C16H20N4O2. The largest absolute Gasteiger partial charge is 0.478 e. The van der Waals surface area contributed by atoms with Gasteiger partial charge in [-0.15, -0.1) is 0 Å². The number of hydrogen-bond donors (Lipinski definition) is 3. The van der Waals surface area contributed by atoms with E-state index < -0.39 is 5.97 Å². The molecule has 1 heterocycles. The third-order valence-corrected chi connectivity index (χ3v) is 2.72. The fourth-order valence-electron chi connectivity index (χ4n) is 1.90. The van der Waals surface area contributed by atoms with Crippen molar-refractivity contribution in [2.45, 2.75) is 33.2 Å². The van der Waals surface area contributed by atoms with Crippen molar-refractivity contribution in [2.24, 2.45) is 0 Å². The van der Waals surface area contributed by atoms with Crippen molar-refractivity contribution in [1.82, 2.24) is 9.97 Å². The molecule has 0 unspecified atom stereocenters. The molecule has 0 aliphatic rings. The lowest BCUT2D eigenvalue weighted by Gasteiger charge is -2.21. The van der Waals surface area contributed by atoms with E-state index >= 15 is 0 Å². The summed E-state index contributed by atoms with van der Waals surface area (Å²) in [6.07, 6.45) is 0. The molecule has 0 fully saturated rings. The van der Waals surface area contributed by atoms with Gasteiger partial charge in [0, 0.05) is 23.0 Å². The van der Waals surface area contributed by atoms with E-state index in [0.29, 0.717) is 17.5 Å². The minimum absolute atomic E-state index is 0.145. The van der Waals surface area contributed by atoms with Gasteiger partial charge in [-0.05, 0) is 45.9 Å². The lowest BCUT2D eigenvalue weighted by molar-refractivity contribution is 0.0697. The number of nitrogens with zero attached hydrogens (tertiary/aromatic N) is 2. The average molecular weight is 300 g/mol. The molecule has 116 valence electrons. The van der Waals surface area contributed by atoms with Crippen LogP contribution in [0.2, 0.25) is 0 Å². The summed E-state index contributed by atoms with van der Waals surface area (Å²) < 4.78 is 0. The van der Waals surface area contributed by atoms with Crippen LogP contribution < -0.4 is 10.6 Å². The SMILES string of the molecule is Cc1cc(Nc2cccc(C(=O)O)c2)nc(NC(C)(C)C)n1. The highest BCUT2D eigenvalue weighted by atomic mass is 16.4. The first kappa shape index (κ1) is 15.8. The maximum Gasteiger partial charge on any atom is 0.335 e. The summed E-state index contributed by atoms with van der Waals surface area (Å²) >= 11 is 0. The number of carbonyl (C=O) groups is 1. The predicted molar refractivity (Wildman–Crippen MR) is 86.8 cm³/mol. The van der Waals surface area contributed by atoms with Crippen molar-refractivity contribution in [3.8, 4) is 0 Å². The summed E-state index contributed by atoms with van der Waals surface area (Å²) in [7, 11) is 0. The summed E-state index contributed by atoms with van der Waals surface area (Å²) in [5, 5.41) is 15.4. The molecule has 6 nitrogen and oxygen atoms in total. The van der Waals surface area contributed by atoms with Gasteiger partial charge in [0.1, 0.15) is 5.82 Å². The van der Waals surface area contributed by atoms with E-state index in [4.69, 9.17) is 5.11 Å². The van der Waals surface area contributed by atoms with Crippen molar-refractivity contribution in [1.29, 1.82) is 0 Å². The quantitative estimate of drug-likeness (QED) is 0.801. The Labute approximate surface area is 129 Å². The molecule has 1 aromatic carbocycles. The molecule has 6 heteroatoms. The zero-order valence-electron chi connectivity index (χ0n) is 13.1. The number of carboxylic acid groups (broad SMARTS) is 1. The van der Waals surface area contributed by atoms with Gasteiger partial charge in [-0.2, -0.15) is 4.98 Å². The summed E-state index contributed by atoms with van der Waals surface area (Å²) in [6, 6.07) is 8.40. The molecule has 0 radical (unpaired) electrons. The van der Waals surface area contributed by atoms with Gasteiger partial charge in [-0.1, -0.05) is 6.07 Å². The molecule has 1 aromatic heterocycles. The molecule has 0 aliphatic heterocycles. The molecule has 0 saturated carbocycles. The van der Waals surface area contributed by atoms with E-state index in [1.54, 1.807) is 30.3 Å². The van der Waals surface area contributed by atoms with E-state index in [9.17, 15) is 4.79 Å². The Balaban J connectivity index is 2.26. The van der Waals surface area contributed by atoms with Crippen molar-refractivity contribution >= 4 is 23.4 Å². The summed E-state index contributed by atoms with van der Waals surface area (Å²) in [4.78, 5) is 19.8. The second kappa shape index (κ2) is 6.01. The van der Waals surface area contributed by atoms with Crippen LogP contribution in [0.15, 0.2) is 30.3 Å². The molecule has 0 saturated heterocycles. The third-order valence-electron chi connectivity index (χ3n) is 2.72. The maximum atomic E-state index is 11.0. The average Bonchev–Trinajstić information content (AvgIpc) is 2.36. The van der Waals surface area contributed by atoms with Gasteiger partial charge in [-0.3, -0.25) is 0 Å². The van der Waals surface area contributed by atoms with Crippen molar-refractivity contribution < 1.29 is 9.90 Å². The first-order valence-corrected chi connectivity index (χ1v) is 6.97. The summed E-state index contributed by atoms with van der Waals surface area (Å²) in [5.74, 6) is 0.184. The third kappa shape index (κ3) is 4.44. The van der Waals surface area contributed by atoms with Crippen LogP contribution in [0, 0.1) is 6.92 Å². The van der Waals surface area contributed by atoms with Crippen LogP contribution in [0.3, 0.4) is 0 Å². The van der Waals surface area contributed by atoms with Crippen LogP contribution in [0.25, 0.3) is 0 Å². The predicted octanol–water partition coefficient (Wildman–Crippen LogP) is 3.44. The molecular weight excluding hydrogens is 280 g/mol. The van der Waals surface area contributed by atoms with Crippen LogP contribution in [0.4, 0.5) is 17.5 Å². The number of carboxylic acids is 1. The Hall–Kier alpha value is -2.63.